The highest BCUT2D eigenvalue weighted by atomic mass is 127. The standard InChI is InChI=1S/C6H9N3O.HI/c1-7-6(10)9-4-3-8(2)5-9;/h3-5H,1-2H3;1H. The summed E-state index contributed by atoms with van der Waals surface area (Å²) in [5.41, 5.74) is 0. The maximum absolute atomic E-state index is 10.9. The normalized spacial score (nSPS) is 8.55. The van der Waals surface area contributed by atoms with Gasteiger partial charge in [-0.25, -0.2) is 9.36 Å². The van der Waals surface area contributed by atoms with Crippen LogP contribution in [0.1, 0.15) is 0 Å². The van der Waals surface area contributed by atoms with Crippen molar-refractivity contribution in [1.29, 1.82) is 0 Å². The van der Waals surface area contributed by atoms with Gasteiger partial charge in [-0.1, -0.05) is 0 Å². The minimum absolute atomic E-state index is 0. The van der Waals surface area contributed by atoms with Crippen LogP contribution in [0.5, 0.6) is 0 Å². The van der Waals surface area contributed by atoms with E-state index in [0.29, 0.717) is 0 Å². The molecule has 1 amide bonds. The number of hydrogen-bond acceptors (Lipinski definition) is 1. The van der Waals surface area contributed by atoms with Crippen LogP contribution < -0.4 is 33.9 Å². The molecule has 1 heterocycles. The number of carbonyl (C=O) groups is 1. The van der Waals surface area contributed by atoms with Gasteiger partial charge >= 0.3 is 6.03 Å². The number of halogens is 1. The van der Waals surface area contributed by atoms with E-state index in [0.717, 1.165) is 0 Å². The third kappa shape index (κ3) is 2.49. The molecular weight excluding hydrogens is 257 g/mol. The van der Waals surface area contributed by atoms with Gasteiger partial charge in [-0.05, 0) is 0 Å². The van der Waals surface area contributed by atoms with E-state index in [1.165, 1.54) is 4.57 Å². The first-order valence-electron chi connectivity index (χ1n) is 2.99. The highest BCUT2D eigenvalue weighted by Gasteiger charge is 2.06. The Kier molecular flexibility index (Phi) is 4.09. The summed E-state index contributed by atoms with van der Waals surface area (Å²) in [4.78, 5) is 10.9. The predicted molar refractivity (Wildman–Crippen MR) is 35.5 cm³/mol. The van der Waals surface area contributed by atoms with Crippen molar-refractivity contribution in [3.63, 3.8) is 0 Å². The van der Waals surface area contributed by atoms with Crippen molar-refractivity contribution in [3.05, 3.63) is 18.7 Å². The van der Waals surface area contributed by atoms with Crippen LogP contribution in [0.25, 0.3) is 0 Å². The monoisotopic (exact) mass is 267 g/mol. The first kappa shape index (κ1) is 10.4. The summed E-state index contributed by atoms with van der Waals surface area (Å²) in [7, 11) is 3.46. The van der Waals surface area contributed by atoms with Gasteiger partial charge in [0.2, 0.25) is 0 Å². The van der Waals surface area contributed by atoms with Crippen molar-refractivity contribution in [2.24, 2.45) is 7.05 Å². The van der Waals surface area contributed by atoms with Crippen LogP contribution in [-0.4, -0.2) is 17.6 Å². The molecule has 0 aliphatic heterocycles. The van der Waals surface area contributed by atoms with Gasteiger partial charge in [-0.3, -0.25) is 0 Å². The third-order valence-electron chi connectivity index (χ3n) is 1.22. The first-order valence-corrected chi connectivity index (χ1v) is 2.99. The molecule has 1 rings (SSSR count). The predicted octanol–water partition coefficient (Wildman–Crippen LogP) is -3.50. The zero-order valence-electron chi connectivity index (χ0n) is 6.41. The number of imidazole rings is 1. The molecular formula is C6H10IN3O. The van der Waals surface area contributed by atoms with Crippen LogP contribution in [-0.2, 0) is 7.05 Å². The van der Waals surface area contributed by atoms with Crippen molar-refractivity contribution in [3.8, 4) is 0 Å². The number of aromatic nitrogens is 2. The van der Waals surface area contributed by atoms with Crippen LogP contribution >= 0.6 is 0 Å². The summed E-state index contributed by atoms with van der Waals surface area (Å²) in [5.74, 6) is 0. The third-order valence-corrected chi connectivity index (χ3v) is 1.22. The highest BCUT2D eigenvalue weighted by molar-refractivity contribution is 5.75. The average Bonchev–Trinajstić information content (AvgIpc) is 2.34. The fourth-order valence-corrected chi connectivity index (χ4v) is 0.699. The van der Waals surface area contributed by atoms with Gasteiger partial charge in [-0.2, -0.15) is 4.57 Å². The van der Waals surface area contributed by atoms with Gasteiger partial charge in [-0.15, -0.1) is 0 Å². The number of hydrogen-bond donors (Lipinski definition) is 1. The van der Waals surface area contributed by atoms with E-state index in [1.54, 1.807) is 30.3 Å². The van der Waals surface area contributed by atoms with Crippen molar-refractivity contribution >= 4 is 6.03 Å². The number of nitrogens with zero attached hydrogens (tertiary/aromatic N) is 2. The van der Waals surface area contributed by atoms with Gasteiger partial charge in [0.25, 0.3) is 6.33 Å². The van der Waals surface area contributed by atoms with Gasteiger partial charge in [0.15, 0.2) is 0 Å². The highest BCUT2D eigenvalue weighted by Crippen LogP contribution is 1.80. The van der Waals surface area contributed by atoms with E-state index >= 15 is 0 Å². The van der Waals surface area contributed by atoms with E-state index in [2.05, 4.69) is 5.32 Å². The van der Waals surface area contributed by atoms with Crippen LogP contribution in [0, 0.1) is 0 Å². The minimum Gasteiger partial charge on any atom is -1.00 e. The van der Waals surface area contributed by atoms with Crippen molar-refractivity contribution in [2.75, 3.05) is 7.05 Å². The van der Waals surface area contributed by atoms with Crippen LogP contribution in [0.4, 0.5) is 4.79 Å². The second-order valence-corrected chi connectivity index (χ2v) is 2.04. The summed E-state index contributed by atoms with van der Waals surface area (Å²) in [6.45, 7) is 0. The van der Waals surface area contributed by atoms with Crippen LogP contribution in [0.3, 0.4) is 0 Å². The summed E-state index contributed by atoms with van der Waals surface area (Å²) in [5, 5.41) is 2.51. The fraction of sp³-hybridized carbons (Fsp3) is 0.333. The largest absolute Gasteiger partial charge is 1.00 e. The molecule has 0 unspecified atom stereocenters. The van der Waals surface area contributed by atoms with Crippen LogP contribution in [0.15, 0.2) is 18.7 Å². The maximum Gasteiger partial charge on any atom is 0.412 e. The number of carbonyl (C=O) groups excluding carboxylic acids is 1. The zero-order chi connectivity index (χ0) is 7.56. The lowest BCUT2D eigenvalue weighted by molar-refractivity contribution is -0.670. The second kappa shape index (κ2) is 4.32. The molecule has 5 heteroatoms. The summed E-state index contributed by atoms with van der Waals surface area (Å²) in [6, 6.07) is -0.124. The molecule has 1 aromatic heterocycles. The Morgan fingerprint density at radius 2 is 2.27 bits per heavy atom. The molecule has 1 N–H and O–H groups in total. The SMILES string of the molecule is CNC(=O)n1cc[n+](C)c1.[I-]. The van der Waals surface area contributed by atoms with Crippen molar-refractivity contribution in [2.45, 2.75) is 0 Å². The van der Waals surface area contributed by atoms with Crippen molar-refractivity contribution in [1.82, 2.24) is 9.88 Å². The molecule has 0 aromatic carbocycles. The molecule has 1 aromatic rings. The lowest BCUT2D eigenvalue weighted by Gasteiger charge is -1.88. The van der Waals surface area contributed by atoms with E-state index in [-0.39, 0.29) is 30.0 Å². The Morgan fingerprint density at radius 3 is 2.64 bits per heavy atom. The zero-order valence-corrected chi connectivity index (χ0v) is 8.57. The van der Waals surface area contributed by atoms with Gasteiger partial charge in [0, 0.05) is 7.05 Å². The van der Waals surface area contributed by atoms with Gasteiger partial charge < -0.3 is 29.3 Å². The molecule has 0 bridgehead atoms. The maximum atomic E-state index is 10.9. The van der Waals surface area contributed by atoms with Gasteiger partial charge in [0.05, 0.1) is 7.05 Å². The van der Waals surface area contributed by atoms with Gasteiger partial charge in [0.1, 0.15) is 12.4 Å². The Balaban J connectivity index is 0.000001000. The van der Waals surface area contributed by atoms with E-state index < -0.39 is 0 Å². The minimum atomic E-state index is -0.124. The van der Waals surface area contributed by atoms with Crippen molar-refractivity contribution < 1.29 is 33.3 Å². The molecule has 0 aliphatic carbocycles. The first-order chi connectivity index (χ1) is 4.74. The number of amides is 1. The fourth-order valence-electron chi connectivity index (χ4n) is 0.699. The molecule has 0 atom stereocenters. The summed E-state index contributed by atoms with van der Waals surface area (Å²) >= 11 is 0. The average molecular weight is 267 g/mol. The second-order valence-electron chi connectivity index (χ2n) is 2.04. The molecule has 0 saturated heterocycles. The van der Waals surface area contributed by atoms with E-state index in [1.807, 2.05) is 7.05 Å². The smallest absolute Gasteiger partial charge is 0.412 e. The molecule has 0 radical (unpaired) electrons. The van der Waals surface area contributed by atoms with Crippen LogP contribution in [0.2, 0.25) is 0 Å². The van der Waals surface area contributed by atoms with E-state index in [9.17, 15) is 4.79 Å². The number of nitrogens with one attached hydrogen (secondary N) is 1. The molecule has 0 aliphatic rings. The molecule has 62 valence electrons. The molecule has 11 heavy (non-hydrogen) atoms. The molecule has 0 saturated carbocycles. The topological polar surface area (TPSA) is 37.9 Å². The molecule has 0 spiro atoms. The Labute approximate surface area is 82.2 Å². The lowest BCUT2D eigenvalue weighted by Crippen LogP contribution is -3.00. The van der Waals surface area contributed by atoms with E-state index in [4.69, 9.17) is 0 Å². The quantitative estimate of drug-likeness (QED) is 0.384. The lowest BCUT2D eigenvalue weighted by atomic mass is 10.8. The Hall–Kier alpha value is -0.590. The Morgan fingerprint density at radius 1 is 1.64 bits per heavy atom. The summed E-state index contributed by atoms with van der Waals surface area (Å²) in [6.07, 6.45) is 5.19. The molecule has 0 fully saturated rings. The Bertz CT molecular complexity index is 246. The summed E-state index contributed by atoms with van der Waals surface area (Å²) < 4.78 is 3.27. The molecule has 4 nitrogen and oxygen atoms in total. The number of rotatable bonds is 0. The number of aryl methyl sites for hydroxylation is 1.